The molecule has 3 fully saturated rings. The highest BCUT2D eigenvalue weighted by Gasteiger charge is 2.58. The molecule has 2 atom stereocenters. The molecule has 0 bridgehead atoms. The summed E-state index contributed by atoms with van der Waals surface area (Å²) in [6, 6.07) is 1.39. The summed E-state index contributed by atoms with van der Waals surface area (Å²) < 4.78 is 5.92. The fourth-order valence-corrected chi connectivity index (χ4v) is 4.47. The fraction of sp³-hybridized carbons (Fsp3) is 1.00. The predicted molar refractivity (Wildman–Crippen MR) is 76.1 cm³/mol. The second kappa shape index (κ2) is 5.71. The molecule has 0 radical (unpaired) electrons. The molecule has 0 amide bonds. The Morgan fingerprint density at radius 3 is 2.47 bits per heavy atom. The van der Waals surface area contributed by atoms with Crippen LogP contribution in [0.25, 0.3) is 0 Å². The van der Waals surface area contributed by atoms with E-state index in [-0.39, 0.29) is 0 Å². The first-order chi connectivity index (χ1) is 9.28. The van der Waals surface area contributed by atoms with Crippen LogP contribution in [0.2, 0.25) is 0 Å². The molecular formula is C16H29NO2. The van der Waals surface area contributed by atoms with Crippen molar-refractivity contribution in [2.45, 2.75) is 76.5 Å². The maximum absolute atomic E-state index is 9.20. The van der Waals surface area contributed by atoms with Gasteiger partial charge >= 0.3 is 0 Å². The zero-order valence-electron chi connectivity index (χ0n) is 12.2. The van der Waals surface area contributed by atoms with E-state index in [9.17, 15) is 5.11 Å². The number of nitrogens with one attached hydrogen (secondary N) is 1. The van der Waals surface area contributed by atoms with E-state index in [2.05, 4.69) is 12.2 Å². The lowest BCUT2D eigenvalue weighted by atomic mass is 9.50. The van der Waals surface area contributed by atoms with E-state index in [1.165, 1.54) is 51.4 Å². The Morgan fingerprint density at radius 2 is 1.95 bits per heavy atom. The van der Waals surface area contributed by atoms with Gasteiger partial charge < -0.3 is 15.2 Å². The van der Waals surface area contributed by atoms with Gasteiger partial charge in [0.05, 0.1) is 6.10 Å². The van der Waals surface area contributed by atoms with Gasteiger partial charge in [0.25, 0.3) is 0 Å². The summed E-state index contributed by atoms with van der Waals surface area (Å²) in [5.74, 6) is 0.563. The highest BCUT2D eigenvalue weighted by molar-refractivity contribution is 5.12. The molecule has 2 unspecified atom stereocenters. The first-order valence-electron chi connectivity index (χ1n) is 8.27. The number of aliphatic hydroxyl groups is 1. The molecule has 3 nitrogen and oxygen atoms in total. The predicted octanol–water partition coefficient (Wildman–Crippen LogP) is 2.47. The molecule has 0 saturated heterocycles. The van der Waals surface area contributed by atoms with E-state index in [4.69, 9.17) is 4.74 Å². The van der Waals surface area contributed by atoms with Crippen LogP contribution in [0.3, 0.4) is 0 Å². The molecule has 0 aliphatic heterocycles. The molecule has 110 valence electrons. The first kappa shape index (κ1) is 13.8. The number of hydrogen-bond acceptors (Lipinski definition) is 3. The lowest BCUT2D eigenvalue weighted by molar-refractivity contribution is -0.175. The molecule has 3 aliphatic carbocycles. The topological polar surface area (TPSA) is 41.5 Å². The van der Waals surface area contributed by atoms with Gasteiger partial charge in [0, 0.05) is 30.7 Å². The van der Waals surface area contributed by atoms with Gasteiger partial charge in [-0.15, -0.1) is 0 Å². The largest absolute Gasteiger partial charge is 0.396 e. The molecule has 3 saturated carbocycles. The molecular weight excluding hydrogens is 238 g/mol. The maximum Gasteiger partial charge on any atom is 0.0661 e. The fourth-order valence-electron chi connectivity index (χ4n) is 4.47. The van der Waals surface area contributed by atoms with E-state index in [1.54, 1.807) is 0 Å². The number of aliphatic hydroxyl groups excluding tert-OH is 1. The van der Waals surface area contributed by atoms with Crippen molar-refractivity contribution in [3.63, 3.8) is 0 Å². The molecule has 1 spiro atoms. The van der Waals surface area contributed by atoms with Crippen molar-refractivity contribution in [1.82, 2.24) is 5.32 Å². The van der Waals surface area contributed by atoms with Gasteiger partial charge in [-0.2, -0.15) is 0 Å². The lowest BCUT2D eigenvalue weighted by Crippen LogP contribution is -2.68. The molecule has 3 heteroatoms. The number of hydrogen-bond donors (Lipinski definition) is 2. The van der Waals surface area contributed by atoms with Crippen molar-refractivity contribution >= 4 is 0 Å². The molecule has 19 heavy (non-hydrogen) atoms. The molecule has 0 aromatic heterocycles. The Bertz CT molecular complexity index is 295. The van der Waals surface area contributed by atoms with Crippen molar-refractivity contribution in [2.24, 2.45) is 11.3 Å². The van der Waals surface area contributed by atoms with Crippen LogP contribution in [-0.4, -0.2) is 36.5 Å². The molecule has 0 aromatic rings. The van der Waals surface area contributed by atoms with Gasteiger partial charge in [-0.05, 0) is 57.8 Å². The van der Waals surface area contributed by atoms with Crippen molar-refractivity contribution in [1.29, 1.82) is 0 Å². The smallest absolute Gasteiger partial charge is 0.0661 e. The zero-order chi connectivity index (χ0) is 13.3. The quantitative estimate of drug-likeness (QED) is 0.804. The average molecular weight is 267 g/mol. The van der Waals surface area contributed by atoms with Crippen LogP contribution in [0.15, 0.2) is 0 Å². The van der Waals surface area contributed by atoms with E-state index in [0.717, 1.165) is 6.61 Å². The standard InChI is InChI=1S/C16H29NO2/c1-2-19-15-10-14(16(15)8-3-9-16)17-13-6-4-12(11-18)5-7-13/h12-15,17-18H,2-11H2,1H3. The Kier molecular flexibility index (Phi) is 4.16. The van der Waals surface area contributed by atoms with E-state index >= 15 is 0 Å². The second-order valence-corrected chi connectivity index (χ2v) is 6.89. The molecule has 3 aliphatic rings. The van der Waals surface area contributed by atoms with Gasteiger partial charge in [0.2, 0.25) is 0 Å². The minimum atomic E-state index is 0.381. The van der Waals surface area contributed by atoms with Gasteiger partial charge in [0.1, 0.15) is 0 Å². The Labute approximate surface area is 117 Å². The third-order valence-corrected chi connectivity index (χ3v) is 5.98. The normalized spacial score (nSPS) is 40.7. The first-order valence-corrected chi connectivity index (χ1v) is 8.27. The van der Waals surface area contributed by atoms with Gasteiger partial charge in [-0.25, -0.2) is 0 Å². The van der Waals surface area contributed by atoms with Gasteiger partial charge in [-0.3, -0.25) is 0 Å². The van der Waals surface area contributed by atoms with Gasteiger partial charge in [-0.1, -0.05) is 6.42 Å². The van der Waals surface area contributed by atoms with Crippen molar-refractivity contribution < 1.29 is 9.84 Å². The minimum Gasteiger partial charge on any atom is -0.396 e. The van der Waals surface area contributed by atoms with Crippen LogP contribution in [-0.2, 0) is 4.74 Å². The third kappa shape index (κ3) is 2.45. The summed E-state index contributed by atoms with van der Waals surface area (Å²) in [4.78, 5) is 0. The highest BCUT2D eigenvalue weighted by Crippen LogP contribution is 2.57. The summed E-state index contributed by atoms with van der Waals surface area (Å²) in [6.07, 6.45) is 10.7. The maximum atomic E-state index is 9.20. The third-order valence-electron chi connectivity index (χ3n) is 5.98. The van der Waals surface area contributed by atoms with Crippen LogP contribution in [0.1, 0.15) is 58.3 Å². The zero-order valence-corrected chi connectivity index (χ0v) is 12.2. The summed E-state index contributed by atoms with van der Waals surface area (Å²) in [5.41, 5.74) is 0.490. The van der Waals surface area contributed by atoms with Crippen molar-refractivity contribution in [2.75, 3.05) is 13.2 Å². The van der Waals surface area contributed by atoms with Crippen LogP contribution in [0.4, 0.5) is 0 Å². The second-order valence-electron chi connectivity index (χ2n) is 6.89. The summed E-state index contributed by atoms with van der Waals surface area (Å²) in [5, 5.41) is 13.1. The lowest BCUT2D eigenvalue weighted by Gasteiger charge is -2.62. The van der Waals surface area contributed by atoms with E-state index < -0.39 is 0 Å². The minimum absolute atomic E-state index is 0.381. The van der Waals surface area contributed by atoms with Gasteiger partial charge in [0.15, 0.2) is 0 Å². The molecule has 3 rings (SSSR count). The van der Waals surface area contributed by atoms with Crippen LogP contribution in [0, 0.1) is 11.3 Å². The van der Waals surface area contributed by atoms with Crippen LogP contribution in [0.5, 0.6) is 0 Å². The monoisotopic (exact) mass is 267 g/mol. The van der Waals surface area contributed by atoms with Crippen molar-refractivity contribution in [3.05, 3.63) is 0 Å². The summed E-state index contributed by atoms with van der Waals surface area (Å²) in [7, 11) is 0. The highest BCUT2D eigenvalue weighted by atomic mass is 16.5. The summed E-state index contributed by atoms with van der Waals surface area (Å²) in [6.45, 7) is 3.36. The van der Waals surface area contributed by atoms with E-state index in [1.807, 2.05) is 0 Å². The van der Waals surface area contributed by atoms with E-state index in [0.29, 0.717) is 36.1 Å². The molecule has 2 N–H and O–H groups in total. The van der Waals surface area contributed by atoms with Crippen LogP contribution < -0.4 is 5.32 Å². The number of rotatable bonds is 5. The molecule has 0 aromatic carbocycles. The molecule has 0 heterocycles. The SMILES string of the molecule is CCOC1CC(NC2CCC(CO)CC2)C12CCC2. The summed E-state index contributed by atoms with van der Waals surface area (Å²) >= 11 is 0. The average Bonchev–Trinajstić information content (AvgIpc) is 2.36. The van der Waals surface area contributed by atoms with Crippen molar-refractivity contribution in [3.8, 4) is 0 Å². The number of ether oxygens (including phenoxy) is 1. The Morgan fingerprint density at radius 1 is 1.21 bits per heavy atom. The Hall–Kier alpha value is -0.120. The van der Waals surface area contributed by atoms with Crippen LogP contribution >= 0.6 is 0 Å². The Balaban J connectivity index is 1.49.